The molecule has 1 heterocycles. The Labute approximate surface area is 175 Å². The normalized spacial score (nSPS) is 12.2. The van der Waals surface area contributed by atoms with Crippen LogP contribution in [-0.2, 0) is 19.4 Å². The van der Waals surface area contributed by atoms with Crippen molar-refractivity contribution in [3.8, 4) is 11.5 Å². The van der Waals surface area contributed by atoms with E-state index in [1.54, 1.807) is 32.4 Å². The molecule has 0 saturated carbocycles. The van der Waals surface area contributed by atoms with E-state index >= 15 is 0 Å². The first-order valence-corrected chi connectivity index (χ1v) is 9.24. The summed E-state index contributed by atoms with van der Waals surface area (Å²) in [5, 5.41) is 13.7. The minimum atomic E-state index is -0.914. The van der Waals surface area contributed by atoms with Crippen LogP contribution < -0.4 is 14.8 Å². The Morgan fingerprint density at radius 2 is 1.90 bits per heavy atom. The number of anilines is 1. The number of aromatic nitrogens is 1. The number of carbonyl (C=O) groups is 1. The Bertz CT molecular complexity index is 1070. The van der Waals surface area contributed by atoms with Crippen molar-refractivity contribution in [1.82, 2.24) is 4.98 Å². The number of aromatic carboxylic acids is 1. The molecule has 2 N–H and O–H groups in total. The third-order valence-electron chi connectivity index (χ3n) is 5.25. The molecule has 0 atom stereocenters. The molecule has 0 fully saturated rings. The second-order valence-electron chi connectivity index (χ2n) is 6.84. The number of fused-ring (bicyclic) bond motifs is 3. The molecule has 29 heavy (non-hydrogen) atoms. The van der Waals surface area contributed by atoms with Crippen molar-refractivity contribution < 1.29 is 19.4 Å². The zero-order valence-corrected chi connectivity index (χ0v) is 17.1. The number of pyridine rings is 1. The van der Waals surface area contributed by atoms with Gasteiger partial charge >= 0.3 is 5.97 Å². The quantitative estimate of drug-likeness (QED) is 0.619. The summed E-state index contributed by atoms with van der Waals surface area (Å²) in [6.07, 6.45) is 2.93. The Morgan fingerprint density at radius 3 is 2.62 bits per heavy atom. The van der Waals surface area contributed by atoms with Crippen LogP contribution in [0.4, 0.5) is 5.82 Å². The standard InChI is InChI=1S/C22H22N2O4.ClH/c1-27-15-8-6-14(20(11-15)28-2)12-23-21-17-5-3-4-16(17)18-10-13(22(25)26)7-9-19(18)24-21;/h6-11H,3-5,12H2,1-2H3,(H,23,24)(H,25,26);1H. The van der Waals surface area contributed by atoms with Crippen LogP contribution >= 0.6 is 12.4 Å². The van der Waals surface area contributed by atoms with E-state index in [-0.39, 0.29) is 12.4 Å². The molecule has 0 radical (unpaired) electrons. The molecule has 3 aromatic rings. The zero-order valence-electron chi connectivity index (χ0n) is 16.3. The average Bonchev–Trinajstić information content (AvgIpc) is 3.21. The Hall–Kier alpha value is -2.99. The maximum Gasteiger partial charge on any atom is 0.335 e. The van der Waals surface area contributed by atoms with Crippen molar-refractivity contribution in [1.29, 1.82) is 0 Å². The van der Waals surface area contributed by atoms with Gasteiger partial charge in [0.05, 0.1) is 25.3 Å². The highest BCUT2D eigenvalue weighted by Crippen LogP contribution is 2.35. The van der Waals surface area contributed by atoms with Crippen LogP contribution in [0.2, 0.25) is 0 Å². The molecule has 0 amide bonds. The molecule has 152 valence electrons. The molecular formula is C22H23ClN2O4. The lowest BCUT2D eigenvalue weighted by Crippen LogP contribution is -2.07. The lowest BCUT2D eigenvalue weighted by Gasteiger charge is -2.15. The minimum absolute atomic E-state index is 0. The van der Waals surface area contributed by atoms with Gasteiger partial charge in [-0.15, -0.1) is 12.4 Å². The number of rotatable bonds is 6. The van der Waals surface area contributed by atoms with Gasteiger partial charge in [0.1, 0.15) is 17.3 Å². The molecule has 0 unspecified atom stereocenters. The summed E-state index contributed by atoms with van der Waals surface area (Å²) in [5.74, 6) is 1.46. The Morgan fingerprint density at radius 1 is 1.10 bits per heavy atom. The van der Waals surface area contributed by atoms with E-state index in [0.717, 1.165) is 53.0 Å². The molecule has 1 aliphatic carbocycles. The van der Waals surface area contributed by atoms with Gasteiger partial charge in [-0.05, 0) is 60.7 Å². The number of methoxy groups -OCH3 is 2. The maximum atomic E-state index is 11.3. The number of carboxylic acid groups (broad SMARTS) is 1. The van der Waals surface area contributed by atoms with Crippen molar-refractivity contribution in [2.75, 3.05) is 19.5 Å². The van der Waals surface area contributed by atoms with Crippen LogP contribution in [0.3, 0.4) is 0 Å². The number of hydrogen-bond acceptors (Lipinski definition) is 5. The van der Waals surface area contributed by atoms with Crippen LogP contribution in [-0.4, -0.2) is 30.3 Å². The van der Waals surface area contributed by atoms with Crippen molar-refractivity contribution in [2.24, 2.45) is 0 Å². The summed E-state index contributed by atoms with van der Waals surface area (Å²) in [5.41, 5.74) is 4.51. The number of hydrogen-bond donors (Lipinski definition) is 2. The summed E-state index contributed by atoms with van der Waals surface area (Å²) < 4.78 is 10.7. The van der Waals surface area contributed by atoms with Crippen molar-refractivity contribution in [3.63, 3.8) is 0 Å². The second-order valence-corrected chi connectivity index (χ2v) is 6.84. The molecule has 4 rings (SSSR count). The van der Waals surface area contributed by atoms with Crippen molar-refractivity contribution in [3.05, 3.63) is 58.7 Å². The fourth-order valence-electron chi connectivity index (χ4n) is 3.82. The molecule has 0 spiro atoms. The van der Waals surface area contributed by atoms with Gasteiger partial charge in [0.2, 0.25) is 0 Å². The molecule has 7 heteroatoms. The van der Waals surface area contributed by atoms with Crippen LogP contribution in [0.1, 0.15) is 33.5 Å². The topological polar surface area (TPSA) is 80.7 Å². The van der Waals surface area contributed by atoms with E-state index in [1.807, 2.05) is 18.2 Å². The third-order valence-corrected chi connectivity index (χ3v) is 5.25. The minimum Gasteiger partial charge on any atom is -0.497 e. The first-order chi connectivity index (χ1) is 13.6. The Balaban J connectivity index is 0.00000240. The lowest BCUT2D eigenvalue weighted by molar-refractivity contribution is 0.0697. The number of halogens is 1. The average molecular weight is 415 g/mol. The highest BCUT2D eigenvalue weighted by atomic mass is 35.5. The number of ether oxygens (including phenoxy) is 2. The van der Waals surface area contributed by atoms with Crippen LogP contribution in [0, 0.1) is 0 Å². The van der Waals surface area contributed by atoms with E-state index in [1.165, 1.54) is 11.1 Å². The van der Waals surface area contributed by atoms with E-state index < -0.39 is 5.97 Å². The first-order valence-electron chi connectivity index (χ1n) is 9.24. The highest BCUT2D eigenvalue weighted by Gasteiger charge is 2.21. The summed E-state index contributed by atoms with van der Waals surface area (Å²) in [7, 11) is 3.27. The molecule has 0 saturated heterocycles. The number of nitrogens with zero attached hydrogens (tertiary/aromatic N) is 1. The molecule has 0 aliphatic heterocycles. The van der Waals surface area contributed by atoms with Crippen LogP contribution in [0.5, 0.6) is 11.5 Å². The zero-order chi connectivity index (χ0) is 19.7. The monoisotopic (exact) mass is 414 g/mol. The SMILES string of the molecule is COc1ccc(CNc2nc3ccc(C(=O)O)cc3c3c2CCC3)c(OC)c1.Cl. The van der Waals surface area contributed by atoms with E-state index in [4.69, 9.17) is 14.5 Å². The molecule has 2 aromatic carbocycles. The largest absolute Gasteiger partial charge is 0.497 e. The lowest BCUT2D eigenvalue weighted by atomic mass is 10.0. The number of benzene rings is 2. The summed E-state index contributed by atoms with van der Waals surface area (Å²) in [6.45, 7) is 0.575. The third kappa shape index (κ3) is 3.93. The van der Waals surface area contributed by atoms with Gasteiger partial charge in [-0.3, -0.25) is 0 Å². The summed E-state index contributed by atoms with van der Waals surface area (Å²) in [6, 6.07) is 10.9. The predicted octanol–water partition coefficient (Wildman–Crippen LogP) is 4.47. The van der Waals surface area contributed by atoms with Crippen LogP contribution in [0.15, 0.2) is 36.4 Å². The first kappa shape index (κ1) is 20.7. The summed E-state index contributed by atoms with van der Waals surface area (Å²) >= 11 is 0. The predicted molar refractivity (Wildman–Crippen MR) is 115 cm³/mol. The smallest absolute Gasteiger partial charge is 0.335 e. The maximum absolute atomic E-state index is 11.3. The van der Waals surface area contributed by atoms with Gasteiger partial charge in [-0.2, -0.15) is 0 Å². The van der Waals surface area contributed by atoms with Gasteiger partial charge in [-0.25, -0.2) is 9.78 Å². The fourth-order valence-corrected chi connectivity index (χ4v) is 3.82. The number of nitrogens with one attached hydrogen (secondary N) is 1. The van der Waals surface area contributed by atoms with Crippen molar-refractivity contribution in [2.45, 2.75) is 25.8 Å². The highest BCUT2D eigenvalue weighted by molar-refractivity contribution is 5.95. The van der Waals surface area contributed by atoms with Crippen molar-refractivity contribution >= 4 is 35.1 Å². The van der Waals surface area contributed by atoms with E-state index in [2.05, 4.69) is 5.32 Å². The molecular weight excluding hydrogens is 392 g/mol. The number of aryl methyl sites for hydroxylation is 1. The van der Waals surface area contributed by atoms with Gasteiger partial charge in [-0.1, -0.05) is 0 Å². The second kappa shape index (κ2) is 8.57. The van der Waals surface area contributed by atoms with Crippen LogP contribution in [0.25, 0.3) is 10.9 Å². The number of carboxylic acids is 1. The fraction of sp³-hybridized carbons (Fsp3) is 0.273. The Kier molecular flexibility index (Phi) is 6.13. The van der Waals surface area contributed by atoms with Gasteiger partial charge in [0, 0.05) is 23.6 Å². The van der Waals surface area contributed by atoms with E-state index in [9.17, 15) is 9.90 Å². The molecule has 1 aromatic heterocycles. The van der Waals surface area contributed by atoms with Gasteiger partial charge in [0.25, 0.3) is 0 Å². The van der Waals surface area contributed by atoms with Gasteiger partial charge < -0.3 is 19.9 Å². The van der Waals surface area contributed by atoms with E-state index in [0.29, 0.717) is 12.1 Å². The molecule has 6 nitrogen and oxygen atoms in total. The molecule has 0 bridgehead atoms. The molecule has 1 aliphatic rings. The van der Waals surface area contributed by atoms with Gasteiger partial charge in [0.15, 0.2) is 0 Å². The summed E-state index contributed by atoms with van der Waals surface area (Å²) in [4.78, 5) is 16.1.